The van der Waals surface area contributed by atoms with Crippen molar-refractivity contribution in [3.05, 3.63) is 10.4 Å². The number of ether oxygens (including phenoxy) is 7. The average molecular weight is 465 g/mol. The van der Waals surface area contributed by atoms with E-state index < -0.39 is 5.60 Å². The quantitative estimate of drug-likeness (QED) is 0.109. The molecule has 0 saturated carbocycles. The Hall–Kier alpha value is -1.66. The number of hydrogen-bond acceptors (Lipinski definition) is 9. The van der Waals surface area contributed by atoms with Crippen LogP contribution in [0.25, 0.3) is 10.4 Å². The molecule has 0 radical (unpaired) electrons. The van der Waals surface area contributed by atoms with Gasteiger partial charge in [-0.3, -0.25) is 0 Å². The number of carbonyl (C=O) groups excluding carboxylic acids is 1. The van der Waals surface area contributed by atoms with Crippen molar-refractivity contribution in [2.45, 2.75) is 26.4 Å². The number of amides is 1. The average Bonchev–Trinajstić information content (AvgIpc) is 2.73. The Morgan fingerprint density at radius 1 is 0.750 bits per heavy atom. The van der Waals surface area contributed by atoms with E-state index in [1.807, 2.05) is 20.8 Å². The minimum Gasteiger partial charge on any atom is -0.444 e. The Labute approximate surface area is 191 Å². The zero-order valence-corrected chi connectivity index (χ0v) is 20.0. The highest BCUT2D eigenvalue weighted by molar-refractivity contribution is 5.67. The van der Waals surface area contributed by atoms with Crippen LogP contribution < -0.4 is 0 Å². The van der Waals surface area contributed by atoms with E-state index >= 15 is 0 Å². The maximum atomic E-state index is 11.8. The second-order valence-electron chi connectivity index (χ2n) is 7.53. The highest BCUT2D eigenvalue weighted by Gasteiger charge is 2.19. The van der Waals surface area contributed by atoms with Crippen LogP contribution in [0.2, 0.25) is 0 Å². The molecule has 12 heteroatoms. The van der Waals surface area contributed by atoms with Gasteiger partial charge < -0.3 is 38.1 Å². The van der Waals surface area contributed by atoms with Gasteiger partial charge in [-0.1, -0.05) is 5.11 Å². The van der Waals surface area contributed by atoms with Crippen LogP contribution in [0, 0.1) is 0 Å². The monoisotopic (exact) mass is 464 g/mol. The van der Waals surface area contributed by atoms with Gasteiger partial charge in [0.25, 0.3) is 0 Å². The number of likely N-dealkylation sites (N-methyl/N-ethyl adjacent to an activating group) is 1. The predicted octanol–water partition coefficient (Wildman–Crippen LogP) is 2.26. The topological polar surface area (TPSA) is 134 Å². The van der Waals surface area contributed by atoms with Crippen molar-refractivity contribution in [2.75, 3.05) is 99.4 Å². The van der Waals surface area contributed by atoms with Gasteiger partial charge in [-0.25, -0.2) is 4.79 Å². The van der Waals surface area contributed by atoms with Crippen molar-refractivity contribution in [3.8, 4) is 0 Å². The molecule has 1 amide bonds. The molecule has 0 spiro atoms. The summed E-state index contributed by atoms with van der Waals surface area (Å²) in [7, 11) is 1.68. The van der Waals surface area contributed by atoms with E-state index in [0.717, 1.165) is 0 Å². The van der Waals surface area contributed by atoms with Gasteiger partial charge >= 0.3 is 6.09 Å². The van der Waals surface area contributed by atoms with Gasteiger partial charge in [0.1, 0.15) is 5.60 Å². The lowest BCUT2D eigenvalue weighted by Gasteiger charge is -2.24. The van der Waals surface area contributed by atoms with Gasteiger partial charge in [0.15, 0.2) is 0 Å². The fourth-order valence-electron chi connectivity index (χ4n) is 1.98. The van der Waals surface area contributed by atoms with Crippen molar-refractivity contribution in [1.82, 2.24) is 4.90 Å². The second-order valence-corrected chi connectivity index (χ2v) is 7.53. The highest BCUT2D eigenvalue weighted by Crippen LogP contribution is 2.08. The van der Waals surface area contributed by atoms with E-state index in [2.05, 4.69) is 10.0 Å². The van der Waals surface area contributed by atoms with Crippen molar-refractivity contribution in [2.24, 2.45) is 5.11 Å². The standard InChI is InChI=1S/C20H40N4O8/c1-20(2,3)32-19(25)24(4)6-8-27-10-12-29-14-16-31-18-17-30-15-13-28-11-9-26-7-5-22-23-21/h5-18H2,1-4H3. The first-order valence-corrected chi connectivity index (χ1v) is 10.8. The molecule has 0 fully saturated rings. The van der Waals surface area contributed by atoms with E-state index in [1.54, 1.807) is 7.05 Å². The molecule has 0 aromatic heterocycles. The summed E-state index contributed by atoms with van der Waals surface area (Å²) >= 11 is 0. The molecule has 188 valence electrons. The molecule has 0 saturated heterocycles. The van der Waals surface area contributed by atoms with Crippen LogP contribution in [-0.2, 0) is 33.2 Å². The van der Waals surface area contributed by atoms with Crippen molar-refractivity contribution in [1.29, 1.82) is 0 Å². The predicted molar refractivity (Wildman–Crippen MR) is 118 cm³/mol. The van der Waals surface area contributed by atoms with Gasteiger partial charge in [0, 0.05) is 25.0 Å². The second kappa shape index (κ2) is 21.2. The molecule has 0 heterocycles. The van der Waals surface area contributed by atoms with Gasteiger partial charge in [-0.15, -0.1) is 0 Å². The SMILES string of the molecule is CN(CCOCCOCCOCCOCCOCCOCCN=[N+]=[N-])C(=O)OC(C)(C)C. The lowest BCUT2D eigenvalue weighted by atomic mass is 10.2. The van der Waals surface area contributed by atoms with Crippen molar-refractivity contribution >= 4 is 6.09 Å². The largest absolute Gasteiger partial charge is 0.444 e. The molecule has 0 rings (SSSR count). The third-order valence-corrected chi connectivity index (χ3v) is 3.54. The third kappa shape index (κ3) is 23.0. The zero-order chi connectivity index (χ0) is 23.9. The Morgan fingerprint density at radius 2 is 1.12 bits per heavy atom. The summed E-state index contributed by atoms with van der Waals surface area (Å²) < 4.78 is 37.4. The highest BCUT2D eigenvalue weighted by atomic mass is 16.6. The van der Waals surface area contributed by atoms with E-state index in [0.29, 0.717) is 92.4 Å². The summed E-state index contributed by atoms with van der Waals surface area (Å²) in [4.78, 5) is 15.9. The van der Waals surface area contributed by atoms with Gasteiger partial charge in [-0.05, 0) is 26.3 Å². The van der Waals surface area contributed by atoms with E-state index in [1.165, 1.54) is 4.90 Å². The van der Waals surface area contributed by atoms with E-state index in [-0.39, 0.29) is 6.09 Å². The zero-order valence-electron chi connectivity index (χ0n) is 20.0. The molecule has 0 aliphatic heterocycles. The smallest absolute Gasteiger partial charge is 0.410 e. The molecule has 0 aliphatic carbocycles. The van der Waals surface area contributed by atoms with Crippen LogP contribution in [0.4, 0.5) is 4.79 Å². The molecular weight excluding hydrogens is 424 g/mol. The third-order valence-electron chi connectivity index (χ3n) is 3.54. The summed E-state index contributed by atoms with van der Waals surface area (Å²) in [5.41, 5.74) is 7.59. The van der Waals surface area contributed by atoms with Crippen LogP contribution in [0.5, 0.6) is 0 Å². The summed E-state index contributed by atoms with van der Waals surface area (Å²) in [6.45, 7) is 11.8. The van der Waals surface area contributed by atoms with Crippen LogP contribution in [-0.4, -0.2) is 116 Å². The molecule has 0 aromatic rings. The van der Waals surface area contributed by atoms with Gasteiger partial charge in [0.2, 0.25) is 0 Å². The summed E-state index contributed by atoms with van der Waals surface area (Å²) in [5, 5.41) is 3.36. The number of azide groups is 1. The molecule has 0 aliphatic rings. The Bertz CT molecular complexity index is 498. The first-order chi connectivity index (χ1) is 15.4. The molecule has 0 bridgehead atoms. The normalized spacial score (nSPS) is 11.2. The number of nitrogens with zero attached hydrogens (tertiary/aromatic N) is 4. The molecule has 0 atom stereocenters. The van der Waals surface area contributed by atoms with Crippen LogP contribution in [0.3, 0.4) is 0 Å². The van der Waals surface area contributed by atoms with E-state index in [9.17, 15) is 4.79 Å². The lowest BCUT2D eigenvalue weighted by molar-refractivity contribution is -0.0176. The van der Waals surface area contributed by atoms with Crippen molar-refractivity contribution < 1.29 is 38.0 Å². The van der Waals surface area contributed by atoms with Gasteiger partial charge in [-0.2, -0.15) is 0 Å². The van der Waals surface area contributed by atoms with Gasteiger partial charge in [0.05, 0.1) is 79.3 Å². The van der Waals surface area contributed by atoms with Crippen LogP contribution in [0.1, 0.15) is 20.8 Å². The number of rotatable bonds is 21. The molecule has 32 heavy (non-hydrogen) atoms. The summed E-state index contributed by atoms with van der Waals surface area (Å²) in [5.74, 6) is 0. The number of carbonyl (C=O) groups is 1. The maximum Gasteiger partial charge on any atom is 0.410 e. The van der Waals surface area contributed by atoms with E-state index in [4.69, 9.17) is 38.7 Å². The Kier molecular flexibility index (Phi) is 20.1. The molecular formula is C20H40N4O8. The molecule has 0 aromatic carbocycles. The summed E-state index contributed by atoms with van der Waals surface area (Å²) in [6, 6.07) is 0. The first kappa shape index (κ1) is 30.3. The lowest BCUT2D eigenvalue weighted by Crippen LogP contribution is -2.36. The molecule has 0 unspecified atom stereocenters. The minimum atomic E-state index is -0.505. The van der Waals surface area contributed by atoms with Crippen molar-refractivity contribution in [3.63, 3.8) is 0 Å². The van der Waals surface area contributed by atoms with Crippen LogP contribution >= 0.6 is 0 Å². The maximum absolute atomic E-state index is 11.8. The first-order valence-electron chi connectivity index (χ1n) is 10.8. The fourth-order valence-corrected chi connectivity index (χ4v) is 1.98. The van der Waals surface area contributed by atoms with Crippen LogP contribution in [0.15, 0.2) is 5.11 Å². The Morgan fingerprint density at radius 3 is 1.50 bits per heavy atom. The fraction of sp³-hybridized carbons (Fsp3) is 0.950. The number of hydrogen-bond donors (Lipinski definition) is 0. The molecule has 0 N–H and O–H groups in total. The minimum absolute atomic E-state index is 0.327. The molecule has 12 nitrogen and oxygen atoms in total. The summed E-state index contributed by atoms with van der Waals surface area (Å²) in [6.07, 6.45) is -0.365. The Balaban J connectivity index is 3.22.